The number of allylic oxidation sites excluding steroid dienone is 4. The SMILES string of the molecule is O=C1C=CC(=NS(=O)(=O)C(F)(F)F)C=C1. The van der Waals surface area contributed by atoms with Gasteiger partial charge in [0.1, 0.15) is 0 Å². The summed E-state index contributed by atoms with van der Waals surface area (Å²) in [5.74, 6) is -0.446. The van der Waals surface area contributed by atoms with Crippen LogP contribution in [0.4, 0.5) is 13.2 Å². The van der Waals surface area contributed by atoms with Crippen molar-refractivity contribution in [1.29, 1.82) is 0 Å². The van der Waals surface area contributed by atoms with E-state index in [4.69, 9.17) is 0 Å². The molecule has 0 fully saturated rings. The molecule has 8 heteroatoms. The number of hydrogen-bond donors (Lipinski definition) is 0. The molecule has 15 heavy (non-hydrogen) atoms. The van der Waals surface area contributed by atoms with Crippen molar-refractivity contribution in [3.05, 3.63) is 24.3 Å². The maximum Gasteiger partial charge on any atom is 0.518 e. The van der Waals surface area contributed by atoms with Crippen molar-refractivity contribution >= 4 is 21.5 Å². The fraction of sp³-hybridized carbons (Fsp3) is 0.143. The Labute approximate surface area is 82.9 Å². The topological polar surface area (TPSA) is 63.6 Å². The maximum absolute atomic E-state index is 11.9. The molecule has 0 unspecified atom stereocenters. The minimum atomic E-state index is -5.54. The second-order valence-electron chi connectivity index (χ2n) is 2.51. The zero-order valence-corrected chi connectivity index (χ0v) is 7.84. The first-order valence-corrected chi connectivity index (χ1v) is 4.98. The quantitative estimate of drug-likeness (QED) is 0.640. The Bertz CT molecular complexity index is 452. The number of ketones is 1. The summed E-state index contributed by atoms with van der Waals surface area (Å²) in [6.45, 7) is 0. The lowest BCUT2D eigenvalue weighted by atomic mass is 10.2. The monoisotopic (exact) mass is 239 g/mol. The summed E-state index contributed by atoms with van der Waals surface area (Å²) in [7, 11) is -5.54. The number of halogens is 3. The fourth-order valence-electron chi connectivity index (χ4n) is 0.698. The Kier molecular flexibility index (Phi) is 2.80. The van der Waals surface area contributed by atoms with E-state index in [1.54, 1.807) is 0 Å². The first-order chi connectivity index (χ1) is 6.72. The molecule has 1 aliphatic rings. The Balaban J connectivity index is 3.06. The maximum atomic E-state index is 11.9. The van der Waals surface area contributed by atoms with E-state index in [0.717, 1.165) is 24.3 Å². The smallest absolute Gasteiger partial charge is 0.290 e. The van der Waals surface area contributed by atoms with E-state index in [-0.39, 0.29) is 0 Å². The number of alkyl halides is 3. The summed E-state index contributed by atoms with van der Waals surface area (Å²) >= 11 is 0. The van der Waals surface area contributed by atoms with Gasteiger partial charge in [-0.05, 0) is 24.3 Å². The highest BCUT2D eigenvalue weighted by atomic mass is 32.2. The van der Waals surface area contributed by atoms with Gasteiger partial charge in [-0.1, -0.05) is 0 Å². The zero-order chi connectivity index (χ0) is 11.7. The molecule has 0 aromatic heterocycles. The predicted molar refractivity (Wildman–Crippen MR) is 45.7 cm³/mol. The second kappa shape index (κ2) is 3.61. The highest BCUT2D eigenvalue weighted by molar-refractivity contribution is 7.91. The minimum Gasteiger partial charge on any atom is -0.290 e. The van der Waals surface area contributed by atoms with Crippen molar-refractivity contribution in [2.24, 2.45) is 4.40 Å². The lowest BCUT2D eigenvalue weighted by Gasteiger charge is -2.04. The van der Waals surface area contributed by atoms with Crippen LogP contribution in [0.5, 0.6) is 0 Å². The molecule has 0 aromatic carbocycles. The van der Waals surface area contributed by atoms with Crippen molar-refractivity contribution in [2.75, 3.05) is 0 Å². The first kappa shape index (κ1) is 11.6. The lowest BCUT2D eigenvalue weighted by Crippen LogP contribution is -2.22. The molecule has 0 spiro atoms. The van der Waals surface area contributed by atoms with E-state index < -0.39 is 27.0 Å². The lowest BCUT2D eigenvalue weighted by molar-refractivity contribution is -0.110. The van der Waals surface area contributed by atoms with Crippen LogP contribution in [-0.4, -0.2) is 25.4 Å². The van der Waals surface area contributed by atoms with Crippen LogP contribution in [0, 0.1) is 0 Å². The molecule has 0 saturated carbocycles. The van der Waals surface area contributed by atoms with Gasteiger partial charge in [-0.25, -0.2) is 0 Å². The number of carbonyl (C=O) groups excluding carboxylic acids is 1. The number of rotatable bonds is 1. The van der Waals surface area contributed by atoms with Crippen LogP contribution in [0.2, 0.25) is 0 Å². The number of hydrogen-bond acceptors (Lipinski definition) is 3. The Hall–Kier alpha value is -1.44. The van der Waals surface area contributed by atoms with Gasteiger partial charge >= 0.3 is 15.5 Å². The number of sulfonamides is 1. The molecule has 1 aliphatic carbocycles. The van der Waals surface area contributed by atoms with Gasteiger partial charge in [0.05, 0.1) is 5.71 Å². The predicted octanol–water partition coefficient (Wildman–Crippen LogP) is 0.972. The highest BCUT2D eigenvalue weighted by Gasteiger charge is 2.46. The number of carbonyl (C=O) groups is 1. The molecule has 0 aliphatic heterocycles. The van der Waals surface area contributed by atoms with Gasteiger partial charge in [0.25, 0.3) is 0 Å². The van der Waals surface area contributed by atoms with Gasteiger partial charge in [0, 0.05) is 0 Å². The van der Waals surface area contributed by atoms with Crippen molar-refractivity contribution in [3.8, 4) is 0 Å². The average Bonchev–Trinajstić information content (AvgIpc) is 2.06. The third-order valence-corrected chi connectivity index (χ3v) is 2.39. The molecule has 1 rings (SSSR count). The standard InChI is InChI=1S/C7H4F3NO3S/c8-7(9,10)15(13,14)11-5-1-3-6(12)4-2-5/h1-4H. The summed E-state index contributed by atoms with van der Waals surface area (Å²) in [5, 5.41) is 0. The van der Waals surface area contributed by atoms with Crippen molar-refractivity contribution in [3.63, 3.8) is 0 Å². The van der Waals surface area contributed by atoms with Crippen LogP contribution in [0.3, 0.4) is 0 Å². The third-order valence-electron chi connectivity index (χ3n) is 1.35. The van der Waals surface area contributed by atoms with Gasteiger partial charge in [-0.15, -0.1) is 0 Å². The van der Waals surface area contributed by atoms with Crippen molar-refractivity contribution in [2.45, 2.75) is 5.51 Å². The van der Waals surface area contributed by atoms with Crippen LogP contribution in [0.25, 0.3) is 0 Å². The van der Waals surface area contributed by atoms with E-state index in [2.05, 4.69) is 4.40 Å². The van der Waals surface area contributed by atoms with Crippen LogP contribution in [0.1, 0.15) is 0 Å². The summed E-state index contributed by atoms with van der Waals surface area (Å²) in [6.07, 6.45) is 3.63. The largest absolute Gasteiger partial charge is 0.518 e. The summed E-state index contributed by atoms with van der Waals surface area (Å²) < 4.78 is 59.1. The Morgan fingerprint density at radius 3 is 1.93 bits per heavy atom. The van der Waals surface area contributed by atoms with Crippen LogP contribution in [0.15, 0.2) is 28.7 Å². The molecular formula is C7H4F3NO3S. The summed E-state index contributed by atoms with van der Waals surface area (Å²) in [4.78, 5) is 10.6. The van der Waals surface area contributed by atoms with Crippen LogP contribution < -0.4 is 0 Å². The van der Waals surface area contributed by atoms with Crippen molar-refractivity contribution in [1.82, 2.24) is 0 Å². The van der Waals surface area contributed by atoms with Crippen LogP contribution >= 0.6 is 0 Å². The molecule has 0 radical (unpaired) electrons. The molecule has 82 valence electrons. The van der Waals surface area contributed by atoms with E-state index >= 15 is 0 Å². The Morgan fingerprint density at radius 1 is 1.07 bits per heavy atom. The minimum absolute atomic E-state index is 0.438. The molecule has 0 saturated heterocycles. The Morgan fingerprint density at radius 2 is 1.53 bits per heavy atom. The third kappa shape index (κ3) is 2.75. The fourth-order valence-corrected chi connectivity index (χ4v) is 1.20. The second-order valence-corrected chi connectivity index (χ2v) is 4.10. The molecular weight excluding hydrogens is 235 g/mol. The normalized spacial score (nSPS) is 17.0. The molecule has 0 N–H and O–H groups in total. The average molecular weight is 239 g/mol. The molecule has 0 bridgehead atoms. The van der Waals surface area contributed by atoms with E-state index in [9.17, 15) is 26.4 Å². The molecule has 0 atom stereocenters. The first-order valence-electron chi connectivity index (χ1n) is 3.54. The van der Waals surface area contributed by atoms with Gasteiger partial charge in [-0.2, -0.15) is 26.0 Å². The molecule has 0 aromatic rings. The summed E-state index contributed by atoms with van der Waals surface area (Å²) in [6, 6.07) is 0. The van der Waals surface area contributed by atoms with E-state index in [0.29, 0.717) is 0 Å². The highest BCUT2D eigenvalue weighted by Crippen LogP contribution is 2.25. The molecule has 4 nitrogen and oxygen atoms in total. The van der Waals surface area contributed by atoms with Gasteiger partial charge in [0.2, 0.25) is 0 Å². The van der Waals surface area contributed by atoms with Crippen LogP contribution in [-0.2, 0) is 14.8 Å². The number of nitrogens with zero attached hydrogens (tertiary/aromatic N) is 1. The molecule has 0 amide bonds. The van der Waals surface area contributed by atoms with Gasteiger partial charge in [-0.3, -0.25) is 4.79 Å². The molecule has 0 heterocycles. The van der Waals surface area contributed by atoms with E-state index in [1.165, 1.54) is 0 Å². The zero-order valence-electron chi connectivity index (χ0n) is 7.02. The van der Waals surface area contributed by atoms with Gasteiger partial charge in [0.15, 0.2) is 5.78 Å². The summed E-state index contributed by atoms with van der Waals surface area (Å²) in [5.41, 5.74) is -5.87. The van der Waals surface area contributed by atoms with Crippen molar-refractivity contribution < 1.29 is 26.4 Å². The van der Waals surface area contributed by atoms with Gasteiger partial charge < -0.3 is 0 Å². The van der Waals surface area contributed by atoms with E-state index in [1.807, 2.05) is 0 Å².